The first-order valence-corrected chi connectivity index (χ1v) is 6.98. The molecule has 3 rings (SSSR count). The Morgan fingerprint density at radius 3 is 2.74 bits per heavy atom. The van der Waals surface area contributed by atoms with Crippen LogP contribution in [0.15, 0.2) is 47.5 Å². The van der Waals surface area contributed by atoms with E-state index in [-0.39, 0.29) is 11.5 Å². The molecule has 0 saturated carbocycles. The second kappa shape index (κ2) is 4.63. The van der Waals surface area contributed by atoms with Gasteiger partial charge in [-0.1, -0.05) is 37.3 Å². The Bertz CT molecular complexity index is 774. The maximum atomic E-state index is 12.0. The molecule has 3 aromatic rings. The molecular weight excluding hydrogens is 256 g/mol. The smallest absolute Gasteiger partial charge is 0.261 e. The third-order valence-electron chi connectivity index (χ3n) is 3.36. The number of hydrogen-bond donors (Lipinski definition) is 0. The quantitative estimate of drug-likeness (QED) is 0.717. The number of nitrogens with zero attached hydrogens (tertiary/aromatic N) is 2. The SMILES string of the molecule is C[C@@H](c1ccccc1)c1cc2c(=O)n(C)cnc2s1. The molecule has 96 valence electrons. The van der Waals surface area contributed by atoms with Crippen molar-refractivity contribution in [2.45, 2.75) is 12.8 Å². The van der Waals surface area contributed by atoms with Gasteiger partial charge in [0.05, 0.1) is 11.7 Å². The average molecular weight is 270 g/mol. The summed E-state index contributed by atoms with van der Waals surface area (Å²) in [7, 11) is 1.73. The van der Waals surface area contributed by atoms with E-state index in [1.54, 1.807) is 24.7 Å². The summed E-state index contributed by atoms with van der Waals surface area (Å²) in [5.74, 6) is 0.283. The van der Waals surface area contributed by atoms with E-state index in [1.807, 2.05) is 24.3 Å². The number of fused-ring (bicyclic) bond motifs is 1. The van der Waals surface area contributed by atoms with Gasteiger partial charge in [0.25, 0.3) is 5.56 Å². The molecule has 4 heteroatoms. The molecule has 0 aliphatic heterocycles. The van der Waals surface area contributed by atoms with Gasteiger partial charge in [0.1, 0.15) is 4.83 Å². The highest BCUT2D eigenvalue weighted by molar-refractivity contribution is 7.18. The van der Waals surface area contributed by atoms with Gasteiger partial charge in [0.2, 0.25) is 0 Å². The van der Waals surface area contributed by atoms with Gasteiger partial charge in [0, 0.05) is 17.8 Å². The summed E-state index contributed by atoms with van der Waals surface area (Å²) < 4.78 is 1.52. The minimum absolute atomic E-state index is 0.0211. The van der Waals surface area contributed by atoms with Crippen molar-refractivity contribution in [3.63, 3.8) is 0 Å². The van der Waals surface area contributed by atoms with E-state index in [0.717, 1.165) is 4.83 Å². The fraction of sp³-hybridized carbons (Fsp3) is 0.200. The predicted molar refractivity (Wildman–Crippen MR) is 78.8 cm³/mol. The zero-order valence-electron chi connectivity index (χ0n) is 10.8. The van der Waals surface area contributed by atoms with Crippen LogP contribution in [0.25, 0.3) is 10.2 Å². The highest BCUT2D eigenvalue weighted by Crippen LogP contribution is 2.31. The first-order chi connectivity index (χ1) is 9.16. The second-order valence-electron chi connectivity index (χ2n) is 4.66. The summed E-state index contributed by atoms with van der Waals surface area (Å²) in [6.45, 7) is 2.16. The van der Waals surface area contributed by atoms with Crippen molar-refractivity contribution in [2.24, 2.45) is 7.05 Å². The number of hydrogen-bond acceptors (Lipinski definition) is 3. The normalized spacial score (nSPS) is 12.7. The van der Waals surface area contributed by atoms with Crippen LogP contribution in [0.4, 0.5) is 0 Å². The van der Waals surface area contributed by atoms with E-state index in [1.165, 1.54) is 15.0 Å². The van der Waals surface area contributed by atoms with Gasteiger partial charge >= 0.3 is 0 Å². The summed E-state index contributed by atoms with van der Waals surface area (Å²) in [5, 5.41) is 0.716. The van der Waals surface area contributed by atoms with E-state index in [0.29, 0.717) is 5.39 Å². The largest absolute Gasteiger partial charge is 0.302 e. The molecule has 0 N–H and O–H groups in total. The number of aryl methyl sites for hydroxylation is 1. The third kappa shape index (κ3) is 2.08. The van der Waals surface area contributed by atoms with Crippen molar-refractivity contribution in [3.8, 4) is 0 Å². The van der Waals surface area contributed by atoms with Crippen LogP contribution in [-0.4, -0.2) is 9.55 Å². The highest BCUT2D eigenvalue weighted by atomic mass is 32.1. The monoisotopic (exact) mass is 270 g/mol. The van der Waals surface area contributed by atoms with Gasteiger partial charge in [0.15, 0.2) is 0 Å². The number of benzene rings is 1. The molecule has 0 aliphatic rings. The Morgan fingerprint density at radius 2 is 2.00 bits per heavy atom. The Labute approximate surface area is 115 Å². The molecule has 2 heterocycles. The molecule has 1 atom stereocenters. The van der Waals surface area contributed by atoms with Crippen molar-refractivity contribution >= 4 is 21.6 Å². The maximum absolute atomic E-state index is 12.0. The zero-order valence-corrected chi connectivity index (χ0v) is 11.6. The van der Waals surface area contributed by atoms with E-state index >= 15 is 0 Å². The number of thiophene rings is 1. The molecule has 19 heavy (non-hydrogen) atoms. The summed E-state index contributed by atoms with van der Waals surface area (Å²) >= 11 is 1.60. The Kier molecular flexibility index (Phi) is 2.95. The van der Waals surface area contributed by atoms with Gasteiger partial charge in [-0.3, -0.25) is 4.79 Å². The van der Waals surface area contributed by atoms with Gasteiger partial charge in [-0.2, -0.15) is 0 Å². The molecule has 0 saturated heterocycles. The van der Waals surface area contributed by atoms with Crippen LogP contribution in [-0.2, 0) is 7.05 Å². The van der Waals surface area contributed by atoms with Crippen molar-refractivity contribution in [3.05, 3.63) is 63.5 Å². The van der Waals surface area contributed by atoms with Crippen molar-refractivity contribution in [1.82, 2.24) is 9.55 Å². The average Bonchev–Trinajstić information content (AvgIpc) is 2.88. The summed E-state index contributed by atoms with van der Waals surface area (Å²) in [6.07, 6.45) is 1.58. The molecule has 0 spiro atoms. The topological polar surface area (TPSA) is 34.9 Å². The Morgan fingerprint density at radius 1 is 1.26 bits per heavy atom. The molecule has 2 aromatic heterocycles. The molecule has 0 radical (unpaired) electrons. The van der Waals surface area contributed by atoms with Crippen LogP contribution < -0.4 is 5.56 Å². The molecule has 0 unspecified atom stereocenters. The number of rotatable bonds is 2. The lowest BCUT2D eigenvalue weighted by molar-refractivity contribution is 0.844. The van der Waals surface area contributed by atoms with Crippen LogP contribution in [0.1, 0.15) is 23.3 Å². The van der Waals surface area contributed by atoms with Gasteiger partial charge < -0.3 is 4.57 Å². The van der Waals surface area contributed by atoms with Crippen molar-refractivity contribution in [2.75, 3.05) is 0 Å². The van der Waals surface area contributed by atoms with E-state index in [9.17, 15) is 4.79 Å². The first kappa shape index (κ1) is 12.1. The fourth-order valence-electron chi connectivity index (χ4n) is 2.15. The molecule has 3 nitrogen and oxygen atoms in total. The van der Waals surface area contributed by atoms with Crippen LogP contribution in [0.3, 0.4) is 0 Å². The molecule has 0 amide bonds. The van der Waals surface area contributed by atoms with Crippen LogP contribution >= 0.6 is 11.3 Å². The summed E-state index contributed by atoms with van der Waals surface area (Å²) in [6, 6.07) is 12.3. The lowest BCUT2D eigenvalue weighted by atomic mass is 10.00. The Hall–Kier alpha value is -1.94. The molecule has 0 bridgehead atoms. The van der Waals surface area contributed by atoms with E-state index < -0.39 is 0 Å². The van der Waals surface area contributed by atoms with Gasteiger partial charge in [-0.05, 0) is 11.6 Å². The van der Waals surface area contributed by atoms with Crippen LogP contribution in [0, 0.1) is 0 Å². The lowest BCUT2D eigenvalue weighted by Crippen LogP contribution is -2.15. The van der Waals surface area contributed by atoms with Crippen LogP contribution in [0.5, 0.6) is 0 Å². The standard InChI is InChI=1S/C15H14N2OS/c1-10(11-6-4-3-5-7-11)13-8-12-14(19-13)16-9-17(2)15(12)18/h3-10H,1-2H3/t10-/m0/s1. The van der Waals surface area contributed by atoms with Gasteiger partial charge in [-0.25, -0.2) is 4.98 Å². The van der Waals surface area contributed by atoms with Crippen molar-refractivity contribution < 1.29 is 0 Å². The van der Waals surface area contributed by atoms with E-state index in [2.05, 4.69) is 24.0 Å². The van der Waals surface area contributed by atoms with Gasteiger partial charge in [-0.15, -0.1) is 11.3 Å². The van der Waals surface area contributed by atoms with Crippen molar-refractivity contribution in [1.29, 1.82) is 0 Å². The first-order valence-electron chi connectivity index (χ1n) is 6.17. The molecule has 0 fully saturated rings. The maximum Gasteiger partial charge on any atom is 0.261 e. The minimum atomic E-state index is 0.0211. The Balaban J connectivity index is 2.12. The zero-order chi connectivity index (χ0) is 13.4. The summed E-state index contributed by atoms with van der Waals surface area (Å²) in [5.41, 5.74) is 1.28. The van der Waals surface area contributed by atoms with E-state index in [4.69, 9.17) is 0 Å². The highest BCUT2D eigenvalue weighted by Gasteiger charge is 2.14. The third-order valence-corrected chi connectivity index (χ3v) is 4.58. The molecular formula is C15H14N2OS. The molecule has 0 aliphatic carbocycles. The lowest BCUT2D eigenvalue weighted by Gasteiger charge is -2.08. The van der Waals surface area contributed by atoms with Crippen LogP contribution in [0.2, 0.25) is 0 Å². The second-order valence-corrected chi connectivity index (χ2v) is 5.72. The molecule has 1 aromatic carbocycles. The summed E-state index contributed by atoms with van der Waals surface area (Å²) in [4.78, 5) is 18.3. The predicted octanol–water partition coefficient (Wildman–Crippen LogP) is 3.15. The number of aromatic nitrogens is 2. The fourth-order valence-corrected chi connectivity index (χ4v) is 3.22. The minimum Gasteiger partial charge on any atom is -0.302 e.